The van der Waals surface area contributed by atoms with Crippen molar-refractivity contribution in [1.82, 2.24) is 20.5 Å². The lowest BCUT2D eigenvalue weighted by Crippen LogP contribution is -2.49. The predicted octanol–water partition coefficient (Wildman–Crippen LogP) is 1.99. The van der Waals surface area contributed by atoms with E-state index >= 15 is 0 Å². The molecule has 1 atom stereocenters. The number of amides is 3. The Balaban J connectivity index is 1.82. The smallest absolute Gasteiger partial charge is 0.317 e. The molecule has 1 aliphatic heterocycles. The fourth-order valence-electron chi connectivity index (χ4n) is 2.70. The molecule has 2 heterocycles. The van der Waals surface area contributed by atoms with Crippen molar-refractivity contribution in [2.45, 2.75) is 47.1 Å². The highest BCUT2D eigenvalue weighted by atomic mass is 16.4. The van der Waals surface area contributed by atoms with Gasteiger partial charge in [-0.1, -0.05) is 13.8 Å². The standard InChI is InChI=1S/C17H28N4O3/c1-11(2)8-19-17(23)21-7-5-6-14(10-21)16(22)18-9-15-20-12(3)13(4)24-15/h11,14H,5-10H2,1-4H3,(H,18,22)(H,19,23). The van der Waals surface area contributed by atoms with E-state index < -0.39 is 0 Å². The number of hydrogen-bond acceptors (Lipinski definition) is 4. The van der Waals surface area contributed by atoms with Crippen molar-refractivity contribution in [2.75, 3.05) is 19.6 Å². The van der Waals surface area contributed by atoms with Crippen LogP contribution in [0.1, 0.15) is 44.0 Å². The molecular formula is C17H28N4O3. The fourth-order valence-corrected chi connectivity index (χ4v) is 2.70. The number of piperidine rings is 1. The maximum absolute atomic E-state index is 12.4. The van der Waals surface area contributed by atoms with Gasteiger partial charge in [0.05, 0.1) is 18.2 Å². The van der Waals surface area contributed by atoms with Crippen molar-refractivity contribution in [3.63, 3.8) is 0 Å². The molecule has 2 rings (SSSR count). The van der Waals surface area contributed by atoms with Gasteiger partial charge < -0.3 is 20.0 Å². The van der Waals surface area contributed by atoms with Crippen LogP contribution in [-0.2, 0) is 11.3 Å². The molecule has 7 heteroatoms. The van der Waals surface area contributed by atoms with Crippen molar-refractivity contribution in [1.29, 1.82) is 0 Å². The number of nitrogens with zero attached hydrogens (tertiary/aromatic N) is 2. The first-order valence-corrected chi connectivity index (χ1v) is 8.60. The molecule has 0 saturated carbocycles. The van der Waals surface area contributed by atoms with E-state index in [9.17, 15) is 9.59 Å². The summed E-state index contributed by atoms with van der Waals surface area (Å²) in [5.41, 5.74) is 0.838. The van der Waals surface area contributed by atoms with Crippen LogP contribution in [0.25, 0.3) is 0 Å². The number of oxazole rings is 1. The first kappa shape index (κ1) is 18.3. The number of urea groups is 1. The zero-order chi connectivity index (χ0) is 17.7. The van der Waals surface area contributed by atoms with Crippen LogP contribution in [0.3, 0.4) is 0 Å². The zero-order valence-electron chi connectivity index (χ0n) is 15.0. The van der Waals surface area contributed by atoms with Crippen molar-refractivity contribution in [3.05, 3.63) is 17.3 Å². The minimum absolute atomic E-state index is 0.0511. The lowest BCUT2D eigenvalue weighted by molar-refractivity contribution is -0.126. The summed E-state index contributed by atoms with van der Waals surface area (Å²) in [5.74, 6) is 1.46. The number of carbonyl (C=O) groups is 2. The van der Waals surface area contributed by atoms with E-state index in [0.29, 0.717) is 31.4 Å². The number of likely N-dealkylation sites (tertiary alicyclic amines) is 1. The summed E-state index contributed by atoms with van der Waals surface area (Å²) in [6.45, 7) is 9.92. The second kappa shape index (κ2) is 8.17. The van der Waals surface area contributed by atoms with Gasteiger partial charge in [-0.2, -0.15) is 0 Å². The second-order valence-corrected chi connectivity index (χ2v) is 6.83. The number of aromatic nitrogens is 1. The molecule has 1 unspecified atom stereocenters. The van der Waals surface area contributed by atoms with E-state index in [-0.39, 0.29) is 24.4 Å². The quantitative estimate of drug-likeness (QED) is 0.861. The molecule has 1 aromatic rings. The van der Waals surface area contributed by atoms with Gasteiger partial charge in [-0.25, -0.2) is 9.78 Å². The van der Waals surface area contributed by atoms with Gasteiger partial charge in [-0.15, -0.1) is 0 Å². The Bertz CT molecular complexity index is 563. The average molecular weight is 336 g/mol. The van der Waals surface area contributed by atoms with Crippen LogP contribution in [0, 0.1) is 25.7 Å². The van der Waals surface area contributed by atoms with Crippen LogP contribution in [0.5, 0.6) is 0 Å². The predicted molar refractivity (Wildman–Crippen MR) is 90.4 cm³/mol. The topological polar surface area (TPSA) is 87.5 Å². The number of carbonyl (C=O) groups excluding carboxylic acids is 2. The van der Waals surface area contributed by atoms with Gasteiger partial charge in [-0.05, 0) is 32.6 Å². The molecule has 1 saturated heterocycles. The number of hydrogen-bond donors (Lipinski definition) is 2. The van der Waals surface area contributed by atoms with Crippen molar-refractivity contribution >= 4 is 11.9 Å². The summed E-state index contributed by atoms with van der Waals surface area (Å²) in [4.78, 5) is 30.5. The van der Waals surface area contributed by atoms with E-state index in [1.54, 1.807) is 4.90 Å². The highest BCUT2D eigenvalue weighted by Crippen LogP contribution is 2.17. The van der Waals surface area contributed by atoms with Crippen LogP contribution in [0.4, 0.5) is 4.79 Å². The van der Waals surface area contributed by atoms with Gasteiger partial charge in [0.15, 0.2) is 0 Å². The average Bonchev–Trinajstić information content (AvgIpc) is 2.88. The maximum Gasteiger partial charge on any atom is 0.317 e. The van der Waals surface area contributed by atoms with Crippen molar-refractivity contribution < 1.29 is 14.0 Å². The van der Waals surface area contributed by atoms with E-state index in [4.69, 9.17) is 4.42 Å². The van der Waals surface area contributed by atoms with Gasteiger partial charge in [-0.3, -0.25) is 4.79 Å². The van der Waals surface area contributed by atoms with E-state index in [0.717, 1.165) is 24.3 Å². The molecule has 0 radical (unpaired) electrons. The molecule has 7 nitrogen and oxygen atoms in total. The lowest BCUT2D eigenvalue weighted by atomic mass is 9.97. The largest absolute Gasteiger partial charge is 0.444 e. The minimum Gasteiger partial charge on any atom is -0.444 e. The molecule has 0 aromatic carbocycles. The summed E-state index contributed by atoms with van der Waals surface area (Å²) in [6.07, 6.45) is 1.63. The minimum atomic E-state index is -0.180. The molecule has 2 N–H and O–H groups in total. The van der Waals surface area contributed by atoms with Crippen LogP contribution < -0.4 is 10.6 Å². The van der Waals surface area contributed by atoms with Crippen molar-refractivity contribution in [3.8, 4) is 0 Å². The highest BCUT2D eigenvalue weighted by molar-refractivity contribution is 5.80. The third kappa shape index (κ3) is 4.97. The molecule has 1 aliphatic rings. The van der Waals surface area contributed by atoms with Crippen LogP contribution in [0.2, 0.25) is 0 Å². The Morgan fingerprint density at radius 1 is 1.33 bits per heavy atom. The Kier molecular flexibility index (Phi) is 6.23. The van der Waals surface area contributed by atoms with Crippen LogP contribution >= 0.6 is 0 Å². The third-order valence-electron chi connectivity index (χ3n) is 4.23. The summed E-state index contributed by atoms with van der Waals surface area (Å²) in [5, 5.41) is 5.77. The molecule has 1 aromatic heterocycles. The van der Waals surface area contributed by atoms with Gasteiger partial charge in [0.25, 0.3) is 0 Å². The van der Waals surface area contributed by atoms with Crippen molar-refractivity contribution in [2.24, 2.45) is 11.8 Å². The Morgan fingerprint density at radius 3 is 2.71 bits per heavy atom. The fraction of sp³-hybridized carbons (Fsp3) is 0.706. The Hall–Kier alpha value is -2.05. The summed E-state index contributed by atoms with van der Waals surface area (Å²) in [6, 6.07) is -0.0832. The number of rotatable bonds is 5. The van der Waals surface area contributed by atoms with Gasteiger partial charge >= 0.3 is 6.03 Å². The SMILES string of the molecule is Cc1nc(CNC(=O)C2CCCN(C(=O)NCC(C)C)C2)oc1C. The normalized spacial score (nSPS) is 17.9. The summed E-state index contributed by atoms with van der Waals surface area (Å²) in [7, 11) is 0. The molecule has 0 bridgehead atoms. The van der Waals surface area contributed by atoms with Gasteiger partial charge in [0, 0.05) is 19.6 Å². The van der Waals surface area contributed by atoms with E-state index in [1.165, 1.54) is 0 Å². The molecular weight excluding hydrogens is 308 g/mol. The van der Waals surface area contributed by atoms with Crippen LogP contribution in [0.15, 0.2) is 4.42 Å². The van der Waals surface area contributed by atoms with E-state index in [1.807, 2.05) is 13.8 Å². The Morgan fingerprint density at radius 2 is 2.08 bits per heavy atom. The second-order valence-electron chi connectivity index (χ2n) is 6.83. The highest BCUT2D eigenvalue weighted by Gasteiger charge is 2.28. The first-order valence-electron chi connectivity index (χ1n) is 8.60. The van der Waals surface area contributed by atoms with Crippen LogP contribution in [-0.4, -0.2) is 41.5 Å². The first-order chi connectivity index (χ1) is 11.4. The molecule has 134 valence electrons. The van der Waals surface area contributed by atoms with Gasteiger partial charge in [0.1, 0.15) is 5.76 Å². The Labute approximate surface area is 143 Å². The summed E-state index contributed by atoms with van der Waals surface area (Å²) < 4.78 is 5.47. The summed E-state index contributed by atoms with van der Waals surface area (Å²) >= 11 is 0. The van der Waals surface area contributed by atoms with E-state index in [2.05, 4.69) is 29.5 Å². The number of aryl methyl sites for hydroxylation is 2. The zero-order valence-corrected chi connectivity index (χ0v) is 15.0. The molecule has 1 fully saturated rings. The number of nitrogens with one attached hydrogen (secondary N) is 2. The molecule has 3 amide bonds. The third-order valence-corrected chi connectivity index (χ3v) is 4.23. The van der Waals surface area contributed by atoms with Gasteiger partial charge in [0.2, 0.25) is 11.8 Å². The maximum atomic E-state index is 12.4. The molecule has 0 aliphatic carbocycles. The monoisotopic (exact) mass is 336 g/mol. The molecule has 0 spiro atoms. The molecule has 24 heavy (non-hydrogen) atoms. The lowest BCUT2D eigenvalue weighted by Gasteiger charge is -2.32.